The summed E-state index contributed by atoms with van der Waals surface area (Å²) in [5, 5.41) is 3.23. The third-order valence-corrected chi connectivity index (χ3v) is 7.82. The zero-order chi connectivity index (χ0) is 28.8. The van der Waals surface area contributed by atoms with Gasteiger partial charge in [0.1, 0.15) is 18.9 Å². The second-order valence-corrected chi connectivity index (χ2v) is 10.9. The molecule has 4 rings (SSSR count). The number of rotatable bonds is 10. The molecular weight excluding hydrogens is 569 g/mol. The molecule has 1 heterocycles. The van der Waals surface area contributed by atoms with Crippen LogP contribution in [0.25, 0.3) is 6.08 Å². The highest BCUT2D eigenvalue weighted by molar-refractivity contribution is 8.18. The predicted octanol–water partition coefficient (Wildman–Crippen LogP) is 7.40. The maximum absolute atomic E-state index is 13.1. The van der Waals surface area contributed by atoms with Crippen LogP contribution in [0.3, 0.4) is 0 Å². The minimum atomic E-state index is -0.534. The van der Waals surface area contributed by atoms with Crippen molar-refractivity contribution >= 4 is 69.5 Å². The van der Waals surface area contributed by atoms with Crippen LogP contribution in [0.1, 0.15) is 30.5 Å². The Kier molecular flexibility index (Phi) is 9.79. The number of nitrogens with zero attached hydrogens (tertiary/aromatic N) is 2. The number of nitrogens with one attached hydrogen (secondary N) is 1. The van der Waals surface area contributed by atoms with Gasteiger partial charge in [-0.1, -0.05) is 47.0 Å². The highest BCUT2D eigenvalue weighted by Gasteiger charge is 2.36. The smallest absolute Gasteiger partial charge is 0.294 e. The molecule has 0 aromatic heterocycles. The summed E-state index contributed by atoms with van der Waals surface area (Å²) in [6.07, 6.45) is 1.62. The Bertz CT molecular complexity index is 1460. The summed E-state index contributed by atoms with van der Waals surface area (Å²) in [6.45, 7) is 7.49. The molecule has 0 atom stereocenters. The zero-order valence-corrected chi connectivity index (χ0v) is 24.7. The largest absolute Gasteiger partial charge is 0.488 e. The molecule has 1 aliphatic rings. The molecule has 40 heavy (non-hydrogen) atoms. The molecule has 0 aliphatic carbocycles. The fourth-order valence-electron chi connectivity index (χ4n) is 4.11. The quantitative estimate of drug-likeness (QED) is 0.245. The van der Waals surface area contributed by atoms with Crippen molar-refractivity contribution in [3.63, 3.8) is 0 Å². The average molecular weight is 599 g/mol. The lowest BCUT2D eigenvalue weighted by atomic mass is 10.1. The van der Waals surface area contributed by atoms with E-state index in [1.165, 1.54) is 0 Å². The molecule has 1 fully saturated rings. The van der Waals surface area contributed by atoms with Crippen LogP contribution in [0.5, 0.6) is 5.75 Å². The van der Waals surface area contributed by atoms with Crippen molar-refractivity contribution in [1.82, 2.24) is 4.90 Å². The summed E-state index contributed by atoms with van der Waals surface area (Å²) < 4.78 is 6.18. The average Bonchev–Trinajstić information content (AvgIpc) is 3.18. The van der Waals surface area contributed by atoms with Gasteiger partial charge in [0.15, 0.2) is 0 Å². The highest BCUT2D eigenvalue weighted by atomic mass is 35.5. The van der Waals surface area contributed by atoms with Gasteiger partial charge >= 0.3 is 0 Å². The Balaban J connectivity index is 1.55. The lowest BCUT2D eigenvalue weighted by Crippen LogP contribution is -2.36. The fraction of sp³-hybridized carbons (Fsp3) is 0.233. The minimum Gasteiger partial charge on any atom is -0.488 e. The molecule has 208 valence electrons. The van der Waals surface area contributed by atoms with Crippen molar-refractivity contribution < 1.29 is 19.1 Å². The topological polar surface area (TPSA) is 79.0 Å². The van der Waals surface area contributed by atoms with Gasteiger partial charge in [-0.15, -0.1) is 0 Å². The van der Waals surface area contributed by atoms with Crippen LogP contribution >= 0.6 is 35.0 Å². The van der Waals surface area contributed by atoms with Crippen molar-refractivity contribution in [2.75, 3.05) is 29.9 Å². The Labute approximate surface area is 248 Å². The third kappa shape index (κ3) is 7.18. The first-order chi connectivity index (χ1) is 19.2. The number of carbonyl (C=O) groups excluding carboxylic acids is 3. The number of halogens is 2. The molecule has 0 spiro atoms. The third-order valence-electron chi connectivity index (χ3n) is 6.32. The van der Waals surface area contributed by atoms with Gasteiger partial charge in [0, 0.05) is 51.7 Å². The summed E-state index contributed by atoms with van der Waals surface area (Å²) in [5.74, 6) is -0.465. The summed E-state index contributed by atoms with van der Waals surface area (Å²) in [4.78, 5) is 41.7. The monoisotopic (exact) mass is 597 g/mol. The number of benzene rings is 3. The molecule has 3 amide bonds. The van der Waals surface area contributed by atoms with Crippen molar-refractivity contribution in [1.29, 1.82) is 0 Å². The van der Waals surface area contributed by atoms with Gasteiger partial charge in [0.2, 0.25) is 5.91 Å². The number of thioether (sulfide) groups is 1. The number of anilines is 2. The molecule has 3 aromatic rings. The molecule has 0 radical (unpaired) electrons. The first kappa shape index (κ1) is 29.5. The van der Waals surface area contributed by atoms with Crippen LogP contribution in [0, 0.1) is 6.92 Å². The van der Waals surface area contributed by atoms with Crippen LogP contribution in [0.4, 0.5) is 16.2 Å². The second kappa shape index (κ2) is 13.3. The number of ether oxygens (including phenoxy) is 1. The van der Waals surface area contributed by atoms with Crippen LogP contribution in [0.15, 0.2) is 65.6 Å². The molecule has 0 saturated carbocycles. The van der Waals surface area contributed by atoms with E-state index in [2.05, 4.69) is 24.1 Å². The van der Waals surface area contributed by atoms with Crippen LogP contribution in [0.2, 0.25) is 10.0 Å². The number of amides is 3. The Morgan fingerprint density at radius 2 is 1.75 bits per heavy atom. The van der Waals surface area contributed by atoms with Crippen LogP contribution in [-0.4, -0.2) is 41.6 Å². The van der Waals surface area contributed by atoms with Crippen molar-refractivity contribution in [3.05, 3.63) is 92.3 Å². The molecule has 7 nitrogen and oxygen atoms in total. The number of aryl methyl sites for hydroxylation is 1. The standard InChI is InChI=1S/C30H29Cl2N3O4S/c1-4-34(5-2)24-13-9-20(26(16-24)39-18-21-8-10-22(31)15-25(21)32)14-27-29(37)35(30(38)40-27)17-28(36)33-23-11-6-19(3)7-12-23/h6-16H,4-5,17-18H2,1-3H3,(H,33,36)/b27-14+. The van der Waals surface area contributed by atoms with E-state index in [4.69, 9.17) is 27.9 Å². The first-order valence-electron chi connectivity index (χ1n) is 12.8. The van der Waals surface area contributed by atoms with E-state index in [0.29, 0.717) is 27.0 Å². The molecule has 1 aliphatic heterocycles. The lowest BCUT2D eigenvalue weighted by molar-refractivity contribution is -0.127. The molecular formula is C30H29Cl2N3O4S. The summed E-state index contributed by atoms with van der Waals surface area (Å²) in [7, 11) is 0. The van der Waals surface area contributed by atoms with Gasteiger partial charge in [-0.2, -0.15) is 0 Å². The first-order valence-corrected chi connectivity index (χ1v) is 14.3. The van der Waals surface area contributed by atoms with E-state index < -0.39 is 17.1 Å². The summed E-state index contributed by atoms with van der Waals surface area (Å²) >= 11 is 13.2. The molecule has 0 bridgehead atoms. The molecule has 0 unspecified atom stereocenters. The van der Waals surface area contributed by atoms with Crippen molar-refractivity contribution in [2.24, 2.45) is 0 Å². The van der Waals surface area contributed by atoms with Gasteiger partial charge in [-0.25, -0.2) is 0 Å². The second-order valence-electron chi connectivity index (χ2n) is 9.10. The zero-order valence-electron chi connectivity index (χ0n) is 22.4. The molecule has 3 aromatic carbocycles. The van der Waals surface area contributed by atoms with Crippen LogP contribution in [-0.2, 0) is 16.2 Å². The van der Waals surface area contributed by atoms with Crippen LogP contribution < -0.4 is 15.0 Å². The predicted molar refractivity (Wildman–Crippen MR) is 163 cm³/mol. The molecule has 1 saturated heterocycles. The van der Waals surface area contributed by atoms with E-state index >= 15 is 0 Å². The Morgan fingerprint density at radius 1 is 1.02 bits per heavy atom. The lowest BCUT2D eigenvalue weighted by Gasteiger charge is -2.22. The molecule has 1 N–H and O–H groups in total. The maximum Gasteiger partial charge on any atom is 0.294 e. The maximum atomic E-state index is 13.1. The normalized spacial score (nSPS) is 14.1. The van der Waals surface area contributed by atoms with E-state index in [-0.39, 0.29) is 18.1 Å². The van der Waals surface area contributed by atoms with Gasteiger partial charge in [-0.05, 0) is 75.0 Å². The number of hydrogen-bond acceptors (Lipinski definition) is 6. The molecule has 10 heteroatoms. The van der Waals surface area contributed by atoms with Crippen molar-refractivity contribution in [2.45, 2.75) is 27.4 Å². The fourth-order valence-corrected chi connectivity index (χ4v) is 5.40. The SMILES string of the molecule is CCN(CC)c1ccc(/C=C2/SC(=O)N(CC(=O)Nc3ccc(C)cc3)C2=O)c(OCc2ccc(Cl)cc2Cl)c1. The number of carbonyl (C=O) groups is 3. The summed E-state index contributed by atoms with van der Waals surface area (Å²) in [6, 6.07) is 18.2. The number of hydrogen-bond donors (Lipinski definition) is 1. The highest BCUT2D eigenvalue weighted by Crippen LogP contribution is 2.36. The van der Waals surface area contributed by atoms with E-state index in [1.807, 2.05) is 37.3 Å². The minimum absolute atomic E-state index is 0.180. The number of imide groups is 1. The van der Waals surface area contributed by atoms with Gasteiger partial charge in [0.25, 0.3) is 11.1 Å². The van der Waals surface area contributed by atoms with Gasteiger partial charge < -0.3 is 15.0 Å². The van der Waals surface area contributed by atoms with E-state index in [0.717, 1.165) is 46.6 Å². The Hall–Kier alpha value is -3.46. The van der Waals surface area contributed by atoms with Gasteiger partial charge in [-0.3, -0.25) is 19.3 Å². The van der Waals surface area contributed by atoms with Crippen molar-refractivity contribution in [3.8, 4) is 5.75 Å². The summed E-state index contributed by atoms with van der Waals surface area (Å²) in [5.41, 5.74) is 3.98. The van der Waals surface area contributed by atoms with Gasteiger partial charge in [0.05, 0.1) is 4.91 Å². The van der Waals surface area contributed by atoms with E-state index in [9.17, 15) is 14.4 Å². The Morgan fingerprint density at radius 3 is 2.42 bits per heavy atom. The van der Waals surface area contributed by atoms with E-state index in [1.54, 1.807) is 36.4 Å².